The van der Waals surface area contributed by atoms with Crippen molar-refractivity contribution in [3.8, 4) is 0 Å². The molecule has 0 aliphatic carbocycles. The molecule has 3 heterocycles. The van der Waals surface area contributed by atoms with E-state index in [1.54, 1.807) is 0 Å². The van der Waals surface area contributed by atoms with Crippen molar-refractivity contribution < 1.29 is 4.74 Å². The van der Waals surface area contributed by atoms with Crippen LogP contribution in [0, 0.1) is 0 Å². The molecular formula is C32H30N4O2S. The molecule has 39 heavy (non-hydrogen) atoms. The highest BCUT2D eigenvalue weighted by atomic mass is 32.1. The average molecular weight is 535 g/mol. The van der Waals surface area contributed by atoms with Gasteiger partial charge in [0.1, 0.15) is 5.82 Å². The number of aromatic nitrogens is 4. The van der Waals surface area contributed by atoms with Gasteiger partial charge in [0.25, 0.3) is 0 Å². The van der Waals surface area contributed by atoms with Gasteiger partial charge < -0.3 is 4.74 Å². The number of aromatic amines is 1. The highest BCUT2D eigenvalue weighted by Crippen LogP contribution is 2.39. The predicted octanol–water partition coefficient (Wildman–Crippen LogP) is 7.29. The molecule has 2 atom stereocenters. The van der Waals surface area contributed by atoms with Crippen LogP contribution in [0.3, 0.4) is 0 Å². The molecule has 3 aromatic carbocycles. The van der Waals surface area contributed by atoms with Gasteiger partial charge in [-0.1, -0.05) is 72.8 Å². The quantitative estimate of drug-likeness (QED) is 0.238. The topological polar surface area (TPSA) is 72.8 Å². The molecule has 0 spiro atoms. The summed E-state index contributed by atoms with van der Waals surface area (Å²) < 4.78 is 12.2. The lowest BCUT2D eigenvalue weighted by Crippen LogP contribution is -2.18. The highest BCUT2D eigenvalue weighted by molar-refractivity contribution is 7.02. The Morgan fingerprint density at radius 1 is 1.05 bits per heavy atom. The average Bonchev–Trinajstić information content (AvgIpc) is 3.61. The molecule has 1 saturated heterocycles. The minimum Gasteiger partial charge on any atom is -0.356 e. The van der Waals surface area contributed by atoms with E-state index in [0.717, 1.165) is 47.4 Å². The molecule has 5 aromatic rings. The zero-order valence-electron chi connectivity index (χ0n) is 21.8. The van der Waals surface area contributed by atoms with Crippen LogP contribution in [-0.4, -0.2) is 25.7 Å². The largest absolute Gasteiger partial charge is 0.356 e. The first-order chi connectivity index (χ1) is 19.2. The standard InChI is InChI=1S/C32H30N4O2S/c1-2-27(23-8-4-3-5-9-23)31(24-14-11-22(12-15-24)13-18-29-34-32(37)39-35-29)25-16-17-28-26(20-25)21-33-36(28)30-10-6-7-19-38-30/h2-5,8-9,11-18,20-21,30-31H,6-7,10,19H2,1H3,(H,34,35,37)/b18-13?,27-2+. The maximum atomic E-state index is 11.4. The van der Waals surface area contributed by atoms with E-state index in [0.29, 0.717) is 5.82 Å². The molecule has 1 N–H and O–H groups in total. The van der Waals surface area contributed by atoms with Crippen LogP contribution in [0.1, 0.15) is 66.4 Å². The van der Waals surface area contributed by atoms with Crippen molar-refractivity contribution in [2.75, 3.05) is 6.61 Å². The molecule has 0 saturated carbocycles. The number of H-pyrrole nitrogens is 1. The molecule has 7 heteroatoms. The Morgan fingerprint density at radius 2 is 1.87 bits per heavy atom. The van der Waals surface area contributed by atoms with Gasteiger partial charge in [0.05, 0.1) is 11.7 Å². The lowest BCUT2D eigenvalue weighted by molar-refractivity contribution is -0.0366. The van der Waals surface area contributed by atoms with Crippen LogP contribution in [0.25, 0.3) is 28.6 Å². The SMILES string of the molecule is C/C=C(\c1ccccc1)C(c1ccc(C=Cc2nsc(=O)[nH]2)cc1)c1ccc2c(cnn2C2CCCCO2)c1. The van der Waals surface area contributed by atoms with Crippen molar-refractivity contribution >= 4 is 40.2 Å². The van der Waals surface area contributed by atoms with Crippen molar-refractivity contribution in [3.63, 3.8) is 0 Å². The molecule has 6 nitrogen and oxygen atoms in total. The summed E-state index contributed by atoms with van der Waals surface area (Å²) in [7, 11) is 0. The number of hydrogen-bond donors (Lipinski definition) is 1. The zero-order chi connectivity index (χ0) is 26.6. The number of fused-ring (bicyclic) bond motifs is 1. The summed E-state index contributed by atoms with van der Waals surface area (Å²) in [6.45, 7) is 2.90. The van der Waals surface area contributed by atoms with E-state index in [1.165, 1.54) is 28.7 Å². The Bertz CT molecular complexity index is 1670. The fourth-order valence-corrected chi connectivity index (χ4v) is 5.81. The summed E-state index contributed by atoms with van der Waals surface area (Å²) >= 11 is 0.926. The van der Waals surface area contributed by atoms with E-state index in [1.807, 2.05) is 23.0 Å². The number of rotatable bonds is 7. The molecule has 196 valence electrons. The van der Waals surface area contributed by atoms with Crippen molar-refractivity contribution in [3.05, 3.63) is 123 Å². The Kier molecular flexibility index (Phi) is 7.34. The molecule has 0 radical (unpaired) electrons. The number of nitrogens with zero attached hydrogens (tertiary/aromatic N) is 3. The van der Waals surface area contributed by atoms with Crippen LogP contribution in [0.2, 0.25) is 0 Å². The normalized spacial score (nSPS) is 17.2. The van der Waals surface area contributed by atoms with Gasteiger partial charge in [0, 0.05) is 29.4 Å². The van der Waals surface area contributed by atoms with Crippen LogP contribution >= 0.6 is 11.5 Å². The monoisotopic (exact) mass is 534 g/mol. The van der Waals surface area contributed by atoms with Crippen molar-refractivity contribution in [1.82, 2.24) is 19.1 Å². The summed E-state index contributed by atoms with van der Waals surface area (Å²) in [5.74, 6) is 0.615. The van der Waals surface area contributed by atoms with E-state index in [4.69, 9.17) is 9.84 Å². The first-order valence-corrected chi connectivity index (χ1v) is 14.1. The second-order valence-electron chi connectivity index (χ2n) is 9.75. The molecule has 1 fully saturated rings. The number of nitrogens with one attached hydrogen (secondary N) is 1. The molecule has 6 rings (SSSR count). The smallest absolute Gasteiger partial charge is 0.323 e. The highest BCUT2D eigenvalue weighted by Gasteiger charge is 2.23. The summed E-state index contributed by atoms with van der Waals surface area (Å²) in [6.07, 6.45) is 11.3. The van der Waals surface area contributed by atoms with E-state index in [2.05, 4.69) is 95.2 Å². The van der Waals surface area contributed by atoms with Crippen LogP contribution in [-0.2, 0) is 4.74 Å². The van der Waals surface area contributed by atoms with Crippen molar-refractivity contribution in [2.24, 2.45) is 0 Å². The Labute approximate surface area is 231 Å². The number of ether oxygens (including phenoxy) is 1. The van der Waals surface area contributed by atoms with Gasteiger partial charge in [0.15, 0.2) is 6.23 Å². The zero-order valence-corrected chi connectivity index (χ0v) is 22.6. The number of hydrogen-bond acceptors (Lipinski definition) is 5. The third-order valence-electron chi connectivity index (χ3n) is 7.27. The number of allylic oxidation sites excluding steroid dienone is 2. The predicted molar refractivity (Wildman–Crippen MR) is 159 cm³/mol. The Morgan fingerprint density at radius 3 is 2.59 bits per heavy atom. The molecule has 1 aliphatic heterocycles. The Balaban J connectivity index is 1.38. The first-order valence-electron chi connectivity index (χ1n) is 13.3. The maximum Gasteiger partial charge on any atom is 0.323 e. The van der Waals surface area contributed by atoms with Gasteiger partial charge in [-0.05, 0) is 72.2 Å². The molecule has 0 amide bonds. The third kappa shape index (κ3) is 5.41. The van der Waals surface area contributed by atoms with Gasteiger partial charge in [-0.2, -0.15) is 9.47 Å². The molecule has 1 aliphatic rings. The van der Waals surface area contributed by atoms with E-state index >= 15 is 0 Å². The molecule has 2 unspecified atom stereocenters. The summed E-state index contributed by atoms with van der Waals surface area (Å²) in [4.78, 5) is 13.9. The van der Waals surface area contributed by atoms with Crippen molar-refractivity contribution in [1.29, 1.82) is 0 Å². The van der Waals surface area contributed by atoms with Crippen molar-refractivity contribution in [2.45, 2.75) is 38.3 Å². The van der Waals surface area contributed by atoms with Crippen LogP contribution < -0.4 is 4.87 Å². The van der Waals surface area contributed by atoms with Crippen LogP contribution in [0.5, 0.6) is 0 Å². The summed E-state index contributed by atoms with van der Waals surface area (Å²) in [5, 5.41) is 5.83. The summed E-state index contributed by atoms with van der Waals surface area (Å²) in [6, 6.07) is 25.8. The molecular weight excluding hydrogens is 504 g/mol. The van der Waals surface area contributed by atoms with Gasteiger partial charge in [-0.15, -0.1) is 0 Å². The summed E-state index contributed by atoms with van der Waals surface area (Å²) in [5.41, 5.74) is 7.01. The minimum absolute atomic E-state index is 0.0102. The Hall–Kier alpha value is -4.07. The molecule has 2 aromatic heterocycles. The van der Waals surface area contributed by atoms with E-state index in [-0.39, 0.29) is 17.0 Å². The van der Waals surface area contributed by atoms with E-state index < -0.39 is 0 Å². The van der Waals surface area contributed by atoms with Crippen LogP contribution in [0.4, 0.5) is 0 Å². The van der Waals surface area contributed by atoms with Gasteiger partial charge in [-0.25, -0.2) is 4.68 Å². The van der Waals surface area contributed by atoms with Gasteiger partial charge in [-0.3, -0.25) is 9.78 Å². The van der Waals surface area contributed by atoms with Crippen LogP contribution in [0.15, 0.2) is 89.9 Å². The first kappa shape index (κ1) is 25.2. The van der Waals surface area contributed by atoms with Gasteiger partial charge >= 0.3 is 4.87 Å². The van der Waals surface area contributed by atoms with E-state index in [9.17, 15) is 4.79 Å². The van der Waals surface area contributed by atoms with Gasteiger partial charge in [0.2, 0.25) is 0 Å². The fourth-order valence-electron chi connectivity index (χ4n) is 5.37. The second-order valence-corrected chi connectivity index (χ2v) is 10.5. The molecule has 0 bridgehead atoms. The minimum atomic E-state index is -0.151. The number of benzene rings is 3. The fraction of sp³-hybridized carbons (Fsp3) is 0.219. The second kappa shape index (κ2) is 11.4. The third-order valence-corrected chi connectivity index (χ3v) is 7.83. The lowest BCUT2D eigenvalue weighted by atomic mass is 9.81. The maximum absolute atomic E-state index is 11.4. The lowest BCUT2D eigenvalue weighted by Gasteiger charge is -2.24.